The van der Waals surface area contributed by atoms with Gasteiger partial charge in [-0.15, -0.1) is 11.3 Å². The smallest absolute Gasteiger partial charge is 0.339 e. The average Bonchev–Trinajstić information content (AvgIpc) is 2.45. The molecule has 0 saturated heterocycles. The molecular formula is C6H6BrNO4S2. The molecule has 1 rings (SSSR count). The van der Waals surface area contributed by atoms with Crippen molar-refractivity contribution in [1.29, 1.82) is 0 Å². The molecular weight excluding hydrogens is 294 g/mol. The molecule has 0 radical (unpaired) electrons. The predicted octanol–water partition coefficient (Wildman–Crippen LogP) is 0.945. The summed E-state index contributed by atoms with van der Waals surface area (Å²) in [5, 5.41) is 4.89. The van der Waals surface area contributed by atoms with E-state index in [0.717, 1.165) is 11.3 Å². The van der Waals surface area contributed by atoms with Gasteiger partial charge in [0.2, 0.25) is 10.0 Å². The average molecular weight is 300 g/mol. The van der Waals surface area contributed by atoms with E-state index in [-0.39, 0.29) is 9.77 Å². The molecule has 78 valence electrons. The normalized spacial score (nSPS) is 11.4. The molecule has 0 fully saturated rings. The van der Waals surface area contributed by atoms with Gasteiger partial charge in [-0.2, -0.15) is 0 Å². The minimum absolute atomic E-state index is 0.0789. The van der Waals surface area contributed by atoms with Gasteiger partial charge in [-0.05, 0) is 22.0 Å². The second-order valence-corrected chi connectivity index (χ2v) is 6.45. The zero-order valence-electron chi connectivity index (χ0n) is 6.98. The fraction of sp³-hybridized carbons (Fsp3) is 0.167. The van der Waals surface area contributed by atoms with E-state index in [1.807, 2.05) is 0 Å². The largest absolute Gasteiger partial charge is 0.465 e. The maximum Gasteiger partial charge on any atom is 0.339 e. The van der Waals surface area contributed by atoms with Crippen LogP contribution >= 0.6 is 27.3 Å². The lowest BCUT2D eigenvalue weighted by Crippen LogP contribution is -2.10. The molecule has 5 nitrogen and oxygen atoms in total. The second kappa shape index (κ2) is 3.97. The Bertz CT molecular complexity index is 464. The summed E-state index contributed by atoms with van der Waals surface area (Å²) in [7, 11) is -2.55. The summed E-state index contributed by atoms with van der Waals surface area (Å²) in [6, 6.07) is 1.18. The Labute approximate surface area is 93.0 Å². The molecule has 2 N–H and O–H groups in total. The summed E-state index contributed by atoms with van der Waals surface area (Å²) in [5.41, 5.74) is 0.154. The third-order valence-corrected chi connectivity index (χ3v) is 4.61. The number of ether oxygens (including phenoxy) is 1. The molecule has 8 heteroatoms. The fourth-order valence-corrected chi connectivity index (χ4v) is 3.46. The molecule has 0 aromatic carbocycles. The number of nitrogens with two attached hydrogens (primary N) is 1. The van der Waals surface area contributed by atoms with E-state index in [2.05, 4.69) is 20.7 Å². The number of primary sulfonamides is 1. The summed E-state index contributed by atoms with van der Waals surface area (Å²) in [6.07, 6.45) is 0. The number of sulfonamides is 1. The molecule has 1 aromatic heterocycles. The number of rotatable bonds is 2. The number of methoxy groups -OCH3 is 1. The van der Waals surface area contributed by atoms with Crippen molar-refractivity contribution in [3.05, 3.63) is 15.4 Å². The molecule has 0 aliphatic carbocycles. The first-order valence-corrected chi connectivity index (χ1v) is 6.42. The van der Waals surface area contributed by atoms with Crippen LogP contribution < -0.4 is 5.14 Å². The summed E-state index contributed by atoms with van der Waals surface area (Å²) < 4.78 is 26.6. The predicted molar refractivity (Wildman–Crippen MR) is 54.7 cm³/mol. The van der Waals surface area contributed by atoms with E-state index in [4.69, 9.17) is 5.14 Å². The van der Waals surface area contributed by atoms with Gasteiger partial charge in [0.1, 0.15) is 4.21 Å². The van der Waals surface area contributed by atoms with Crippen molar-refractivity contribution in [2.75, 3.05) is 7.11 Å². The van der Waals surface area contributed by atoms with Gasteiger partial charge in [0.05, 0.1) is 16.5 Å². The van der Waals surface area contributed by atoms with Crippen LogP contribution in [0, 0.1) is 0 Å². The zero-order chi connectivity index (χ0) is 10.9. The van der Waals surface area contributed by atoms with Crippen molar-refractivity contribution in [3.8, 4) is 0 Å². The number of hydrogen-bond donors (Lipinski definition) is 1. The van der Waals surface area contributed by atoms with Gasteiger partial charge in [0, 0.05) is 0 Å². The molecule has 0 saturated carbocycles. The van der Waals surface area contributed by atoms with Gasteiger partial charge in [0.25, 0.3) is 0 Å². The molecule has 0 atom stereocenters. The molecule has 0 amide bonds. The second-order valence-electron chi connectivity index (χ2n) is 2.29. The summed E-state index contributed by atoms with van der Waals surface area (Å²) in [4.78, 5) is 11.1. The number of halogens is 1. The van der Waals surface area contributed by atoms with Crippen molar-refractivity contribution in [3.63, 3.8) is 0 Å². The Balaban J connectivity index is 3.25. The van der Waals surface area contributed by atoms with Gasteiger partial charge in [-0.3, -0.25) is 0 Å². The van der Waals surface area contributed by atoms with Crippen molar-refractivity contribution in [1.82, 2.24) is 0 Å². The lowest BCUT2D eigenvalue weighted by Gasteiger charge is -1.93. The SMILES string of the molecule is COC(=O)c1cc(S(N)(=O)=O)sc1Br. The van der Waals surface area contributed by atoms with Gasteiger partial charge in [-0.25, -0.2) is 18.4 Å². The highest BCUT2D eigenvalue weighted by molar-refractivity contribution is 9.11. The van der Waals surface area contributed by atoms with Crippen LogP contribution in [0.4, 0.5) is 0 Å². The first-order valence-electron chi connectivity index (χ1n) is 3.26. The van der Waals surface area contributed by atoms with Crippen LogP contribution in [0.15, 0.2) is 14.1 Å². The Hall–Kier alpha value is -0.440. The molecule has 1 heterocycles. The van der Waals surface area contributed by atoms with Crippen LogP contribution in [0.5, 0.6) is 0 Å². The first kappa shape index (κ1) is 11.6. The summed E-state index contributed by atoms with van der Waals surface area (Å²) in [6.45, 7) is 0. The maximum absolute atomic E-state index is 11.1. The van der Waals surface area contributed by atoms with Crippen LogP contribution in [-0.2, 0) is 14.8 Å². The molecule has 0 bridgehead atoms. The highest BCUT2D eigenvalue weighted by Crippen LogP contribution is 2.30. The topological polar surface area (TPSA) is 86.5 Å². The van der Waals surface area contributed by atoms with E-state index in [1.165, 1.54) is 13.2 Å². The molecule has 14 heavy (non-hydrogen) atoms. The lowest BCUT2D eigenvalue weighted by atomic mass is 10.3. The van der Waals surface area contributed by atoms with Crippen LogP contribution in [0.3, 0.4) is 0 Å². The quantitative estimate of drug-likeness (QED) is 0.824. The van der Waals surface area contributed by atoms with Crippen LogP contribution in [0.1, 0.15) is 10.4 Å². The number of hydrogen-bond acceptors (Lipinski definition) is 5. The Kier molecular flexibility index (Phi) is 3.30. The van der Waals surface area contributed by atoms with Gasteiger partial charge < -0.3 is 4.74 Å². The highest BCUT2D eigenvalue weighted by atomic mass is 79.9. The molecule has 0 aliphatic heterocycles. The van der Waals surface area contributed by atoms with Crippen LogP contribution in [-0.4, -0.2) is 21.5 Å². The van der Waals surface area contributed by atoms with Crippen LogP contribution in [0.25, 0.3) is 0 Å². The Morgan fingerprint density at radius 2 is 2.21 bits per heavy atom. The Morgan fingerprint density at radius 3 is 2.57 bits per heavy atom. The monoisotopic (exact) mass is 299 g/mol. The van der Waals surface area contributed by atoms with Gasteiger partial charge in [0.15, 0.2) is 0 Å². The molecule has 0 spiro atoms. The summed E-state index contributed by atoms with van der Waals surface area (Å²) in [5.74, 6) is -0.608. The minimum Gasteiger partial charge on any atom is -0.465 e. The van der Waals surface area contributed by atoms with E-state index < -0.39 is 16.0 Å². The molecule has 0 aliphatic rings. The van der Waals surface area contributed by atoms with Gasteiger partial charge in [-0.1, -0.05) is 0 Å². The summed E-state index contributed by atoms with van der Waals surface area (Å²) >= 11 is 3.92. The van der Waals surface area contributed by atoms with E-state index in [0.29, 0.717) is 3.79 Å². The lowest BCUT2D eigenvalue weighted by molar-refractivity contribution is 0.0600. The number of thiophene rings is 1. The maximum atomic E-state index is 11.1. The number of carbonyl (C=O) groups is 1. The number of carbonyl (C=O) groups excluding carboxylic acids is 1. The van der Waals surface area contributed by atoms with E-state index in [1.54, 1.807) is 0 Å². The van der Waals surface area contributed by atoms with E-state index in [9.17, 15) is 13.2 Å². The highest BCUT2D eigenvalue weighted by Gasteiger charge is 2.19. The number of esters is 1. The third kappa shape index (κ3) is 2.32. The third-order valence-electron chi connectivity index (χ3n) is 1.35. The zero-order valence-corrected chi connectivity index (χ0v) is 10.2. The van der Waals surface area contributed by atoms with E-state index >= 15 is 0 Å². The molecule has 0 unspecified atom stereocenters. The Morgan fingerprint density at radius 1 is 1.64 bits per heavy atom. The minimum atomic E-state index is -3.77. The van der Waals surface area contributed by atoms with Crippen molar-refractivity contribution in [2.45, 2.75) is 4.21 Å². The van der Waals surface area contributed by atoms with Crippen molar-refractivity contribution < 1.29 is 17.9 Å². The van der Waals surface area contributed by atoms with Crippen molar-refractivity contribution >= 4 is 43.3 Å². The fourth-order valence-electron chi connectivity index (χ4n) is 0.737. The molecule has 1 aromatic rings. The van der Waals surface area contributed by atoms with Crippen LogP contribution in [0.2, 0.25) is 0 Å². The standard InChI is InChI=1S/C6H6BrNO4S2/c1-12-6(9)3-2-4(13-5(3)7)14(8,10)11/h2H,1H3,(H2,8,10,11). The van der Waals surface area contributed by atoms with Crippen molar-refractivity contribution in [2.24, 2.45) is 5.14 Å². The first-order chi connectivity index (χ1) is 6.36. The van der Waals surface area contributed by atoms with Gasteiger partial charge >= 0.3 is 5.97 Å².